The number of piperazine rings is 1. The topological polar surface area (TPSA) is 15.3 Å². The van der Waals surface area contributed by atoms with Gasteiger partial charge in [-0.2, -0.15) is 13.2 Å². The number of anilines is 1. The Morgan fingerprint density at radius 2 is 2.10 bits per heavy atom. The lowest BCUT2D eigenvalue weighted by Crippen LogP contribution is -2.53. The average Bonchev–Trinajstić information content (AvgIpc) is 2.45. The van der Waals surface area contributed by atoms with Crippen molar-refractivity contribution >= 4 is 5.69 Å². The Labute approximate surface area is 122 Å². The summed E-state index contributed by atoms with van der Waals surface area (Å²) in [5.74, 6) is -0.213. The normalized spacial score (nSPS) is 21.4. The van der Waals surface area contributed by atoms with Crippen LogP contribution in [0.15, 0.2) is 18.2 Å². The van der Waals surface area contributed by atoms with Crippen LogP contribution in [0, 0.1) is 11.7 Å². The molecular weight excluding hydrogens is 284 g/mol. The van der Waals surface area contributed by atoms with Gasteiger partial charge in [-0.3, -0.25) is 0 Å². The Balaban J connectivity index is 2.24. The predicted molar refractivity (Wildman–Crippen MR) is 74.9 cm³/mol. The van der Waals surface area contributed by atoms with E-state index in [-0.39, 0.29) is 11.7 Å². The van der Waals surface area contributed by atoms with Crippen LogP contribution in [0.25, 0.3) is 0 Å². The summed E-state index contributed by atoms with van der Waals surface area (Å²) >= 11 is 0. The molecule has 0 amide bonds. The summed E-state index contributed by atoms with van der Waals surface area (Å²) in [7, 11) is 0. The number of nitrogens with one attached hydrogen (secondary N) is 1. The van der Waals surface area contributed by atoms with Gasteiger partial charge >= 0.3 is 6.18 Å². The summed E-state index contributed by atoms with van der Waals surface area (Å²) in [6, 6.07) is 2.76. The van der Waals surface area contributed by atoms with Gasteiger partial charge in [-0.1, -0.05) is 20.3 Å². The minimum atomic E-state index is -4.45. The molecule has 0 saturated carbocycles. The second-order valence-electron chi connectivity index (χ2n) is 5.56. The Kier molecular flexibility index (Phi) is 4.76. The van der Waals surface area contributed by atoms with Crippen molar-refractivity contribution in [3.05, 3.63) is 29.6 Å². The lowest BCUT2D eigenvalue weighted by atomic mass is 9.97. The number of halogens is 4. The Morgan fingerprint density at radius 3 is 2.71 bits per heavy atom. The standard InChI is InChI=1S/C15H20F4N2/c1-3-10(2)13-9-21(7-6-20-13)14-8-11(15(17,18)19)4-5-12(14)16/h4-5,8,10,13,20H,3,6-7,9H2,1-2H3. The van der Waals surface area contributed by atoms with Crippen molar-refractivity contribution in [3.63, 3.8) is 0 Å². The highest BCUT2D eigenvalue weighted by Gasteiger charge is 2.32. The van der Waals surface area contributed by atoms with E-state index in [0.29, 0.717) is 25.6 Å². The zero-order valence-electron chi connectivity index (χ0n) is 12.2. The van der Waals surface area contributed by atoms with Crippen LogP contribution in [0.2, 0.25) is 0 Å². The molecule has 1 aromatic carbocycles. The van der Waals surface area contributed by atoms with Crippen LogP contribution >= 0.6 is 0 Å². The molecule has 1 aromatic rings. The van der Waals surface area contributed by atoms with Crippen molar-refractivity contribution in [3.8, 4) is 0 Å². The van der Waals surface area contributed by atoms with Crippen molar-refractivity contribution in [2.45, 2.75) is 32.5 Å². The highest BCUT2D eigenvalue weighted by molar-refractivity contribution is 5.51. The number of rotatable bonds is 3. The number of alkyl halides is 3. The molecule has 1 N–H and O–H groups in total. The van der Waals surface area contributed by atoms with Crippen LogP contribution in [0.1, 0.15) is 25.8 Å². The lowest BCUT2D eigenvalue weighted by Gasteiger charge is -2.38. The van der Waals surface area contributed by atoms with Crippen LogP contribution in [0.3, 0.4) is 0 Å². The number of benzene rings is 1. The van der Waals surface area contributed by atoms with E-state index in [2.05, 4.69) is 19.2 Å². The molecule has 118 valence electrons. The Hall–Kier alpha value is -1.30. The van der Waals surface area contributed by atoms with Crippen molar-refractivity contribution in [1.29, 1.82) is 0 Å². The molecule has 21 heavy (non-hydrogen) atoms. The van der Waals surface area contributed by atoms with E-state index in [0.717, 1.165) is 24.6 Å². The van der Waals surface area contributed by atoms with E-state index in [1.165, 1.54) is 0 Å². The molecule has 1 saturated heterocycles. The fraction of sp³-hybridized carbons (Fsp3) is 0.600. The first-order valence-corrected chi connectivity index (χ1v) is 7.18. The van der Waals surface area contributed by atoms with Gasteiger partial charge in [0, 0.05) is 25.7 Å². The van der Waals surface area contributed by atoms with E-state index in [4.69, 9.17) is 0 Å². The van der Waals surface area contributed by atoms with E-state index < -0.39 is 17.6 Å². The number of nitrogens with zero attached hydrogens (tertiary/aromatic N) is 1. The molecule has 6 heteroatoms. The summed E-state index contributed by atoms with van der Waals surface area (Å²) in [6.07, 6.45) is -3.48. The Bertz CT molecular complexity index is 487. The summed E-state index contributed by atoms with van der Waals surface area (Å²) in [5, 5.41) is 3.35. The minimum Gasteiger partial charge on any atom is -0.366 e. The maximum atomic E-state index is 13.9. The zero-order chi connectivity index (χ0) is 15.6. The van der Waals surface area contributed by atoms with E-state index in [9.17, 15) is 17.6 Å². The summed E-state index contributed by atoms with van der Waals surface area (Å²) in [5.41, 5.74) is -0.767. The zero-order valence-corrected chi connectivity index (χ0v) is 12.2. The number of hydrogen-bond acceptors (Lipinski definition) is 2. The molecule has 1 aliphatic heterocycles. The van der Waals surface area contributed by atoms with Gasteiger partial charge in [0.05, 0.1) is 11.3 Å². The van der Waals surface area contributed by atoms with E-state index in [1.807, 2.05) is 0 Å². The predicted octanol–water partition coefficient (Wildman–Crippen LogP) is 3.67. The van der Waals surface area contributed by atoms with Crippen LogP contribution < -0.4 is 10.2 Å². The molecule has 2 nitrogen and oxygen atoms in total. The molecule has 1 heterocycles. The molecule has 1 fully saturated rings. The van der Waals surface area contributed by atoms with Gasteiger partial charge in [-0.25, -0.2) is 4.39 Å². The van der Waals surface area contributed by atoms with Gasteiger partial charge in [0.2, 0.25) is 0 Å². The summed E-state index contributed by atoms with van der Waals surface area (Å²) in [4.78, 5) is 1.71. The van der Waals surface area contributed by atoms with Crippen molar-refractivity contribution in [2.75, 3.05) is 24.5 Å². The minimum absolute atomic E-state index is 0.0413. The largest absolute Gasteiger partial charge is 0.416 e. The van der Waals surface area contributed by atoms with E-state index >= 15 is 0 Å². The quantitative estimate of drug-likeness (QED) is 0.857. The molecule has 1 aliphatic rings. The third-order valence-electron chi connectivity index (χ3n) is 4.15. The molecule has 0 spiro atoms. The average molecular weight is 304 g/mol. The summed E-state index contributed by atoms with van der Waals surface area (Å²) < 4.78 is 52.2. The third-order valence-corrected chi connectivity index (χ3v) is 4.15. The fourth-order valence-corrected chi connectivity index (χ4v) is 2.59. The molecule has 0 aromatic heterocycles. The first-order valence-electron chi connectivity index (χ1n) is 7.18. The van der Waals surface area contributed by atoms with Gasteiger partial charge in [0.25, 0.3) is 0 Å². The van der Waals surface area contributed by atoms with Crippen LogP contribution in [-0.2, 0) is 6.18 Å². The fourth-order valence-electron chi connectivity index (χ4n) is 2.59. The molecule has 0 radical (unpaired) electrons. The first kappa shape index (κ1) is 16.1. The maximum Gasteiger partial charge on any atom is 0.416 e. The van der Waals surface area contributed by atoms with Crippen LogP contribution in [0.4, 0.5) is 23.2 Å². The molecular formula is C15H20F4N2. The highest BCUT2D eigenvalue weighted by Crippen LogP contribution is 2.33. The highest BCUT2D eigenvalue weighted by atomic mass is 19.4. The monoisotopic (exact) mass is 304 g/mol. The maximum absolute atomic E-state index is 13.9. The van der Waals surface area contributed by atoms with Crippen molar-refractivity contribution < 1.29 is 17.6 Å². The number of hydrogen-bond donors (Lipinski definition) is 1. The van der Waals surface area contributed by atoms with E-state index in [1.54, 1.807) is 4.90 Å². The molecule has 2 atom stereocenters. The molecule has 0 aliphatic carbocycles. The van der Waals surface area contributed by atoms with Gasteiger partial charge < -0.3 is 10.2 Å². The Morgan fingerprint density at radius 1 is 1.38 bits per heavy atom. The SMILES string of the molecule is CCC(C)C1CN(c2cc(C(F)(F)F)ccc2F)CCN1. The second-order valence-corrected chi connectivity index (χ2v) is 5.56. The van der Waals surface area contributed by atoms with Crippen molar-refractivity contribution in [1.82, 2.24) is 5.32 Å². The van der Waals surface area contributed by atoms with Gasteiger partial charge in [0.1, 0.15) is 5.82 Å². The summed E-state index contributed by atoms with van der Waals surface area (Å²) in [6.45, 7) is 5.82. The van der Waals surface area contributed by atoms with Crippen molar-refractivity contribution in [2.24, 2.45) is 5.92 Å². The van der Waals surface area contributed by atoms with Gasteiger partial charge in [-0.05, 0) is 24.1 Å². The first-order chi connectivity index (χ1) is 9.82. The van der Waals surface area contributed by atoms with Gasteiger partial charge in [-0.15, -0.1) is 0 Å². The third kappa shape index (κ3) is 3.67. The van der Waals surface area contributed by atoms with Crippen LogP contribution in [-0.4, -0.2) is 25.7 Å². The van der Waals surface area contributed by atoms with Gasteiger partial charge in [0.15, 0.2) is 0 Å². The second kappa shape index (κ2) is 6.22. The molecule has 2 rings (SSSR count). The lowest BCUT2D eigenvalue weighted by molar-refractivity contribution is -0.137. The molecule has 0 bridgehead atoms. The molecule has 2 unspecified atom stereocenters. The van der Waals surface area contributed by atoms with Crippen LogP contribution in [0.5, 0.6) is 0 Å². The smallest absolute Gasteiger partial charge is 0.366 e.